The number of aliphatic hydroxyl groups excluding tert-OH is 1. The molecule has 0 aromatic heterocycles. The van der Waals surface area contributed by atoms with Crippen molar-refractivity contribution >= 4 is 5.91 Å². The predicted octanol–water partition coefficient (Wildman–Crippen LogP) is 1.53. The molecule has 2 N–H and O–H groups in total. The molecule has 2 atom stereocenters. The van der Waals surface area contributed by atoms with Crippen LogP contribution < -0.4 is 0 Å². The molecule has 0 spiro atoms. The van der Waals surface area contributed by atoms with Gasteiger partial charge < -0.3 is 20.0 Å². The van der Waals surface area contributed by atoms with Gasteiger partial charge in [0, 0.05) is 24.7 Å². The first-order valence-electron chi connectivity index (χ1n) is 8.62. The molecule has 1 heterocycles. The zero-order valence-electron chi connectivity index (χ0n) is 15.2. The van der Waals surface area contributed by atoms with Gasteiger partial charge in [0.25, 0.3) is 5.91 Å². The third kappa shape index (κ3) is 5.03. The molecule has 5 heteroatoms. The van der Waals surface area contributed by atoms with Crippen molar-refractivity contribution < 1.29 is 15.0 Å². The molecule has 1 aliphatic rings. The number of aliphatic hydroxyl groups is 2. The maximum atomic E-state index is 12.7. The highest BCUT2D eigenvalue weighted by molar-refractivity contribution is 5.94. The Bertz CT molecular complexity index is 566. The van der Waals surface area contributed by atoms with E-state index in [0.717, 1.165) is 18.4 Å². The van der Waals surface area contributed by atoms with Gasteiger partial charge in [-0.05, 0) is 64.9 Å². The second kappa shape index (κ2) is 7.64. The van der Waals surface area contributed by atoms with Crippen molar-refractivity contribution in [3.63, 3.8) is 0 Å². The summed E-state index contributed by atoms with van der Waals surface area (Å²) in [5.74, 6) is -0.0311. The van der Waals surface area contributed by atoms with Crippen LogP contribution in [0.5, 0.6) is 0 Å². The van der Waals surface area contributed by atoms with Gasteiger partial charge in [0.2, 0.25) is 0 Å². The minimum atomic E-state index is -0.710. The summed E-state index contributed by atoms with van der Waals surface area (Å²) in [6, 6.07) is 7.69. The Kier molecular flexibility index (Phi) is 6.01. The lowest BCUT2D eigenvalue weighted by Gasteiger charge is -2.39. The van der Waals surface area contributed by atoms with Crippen molar-refractivity contribution in [3.05, 3.63) is 35.4 Å². The van der Waals surface area contributed by atoms with Crippen LogP contribution in [0.25, 0.3) is 0 Å². The highest BCUT2D eigenvalue weighted by atomic mass is 16.3. The van der Waals surface area contributed by atoms with E-state index in [1.54, 1.807) is 18.7 Å². The number of carbonyl (C=O) groups is 1. The Hall–Kier alpha value is -1.43. The van der Waals surface area contributed by atoms with E-state index in [1.807, 2.05) is 43.3 Å². The van der Waals surface area contributed by atoms with Gasteiger partial charge in [0.1, 0.15) is 0 Å². The largest absolute Gasteiger partial charge is 0.390 e. The minimum absolute atomic E-state index is 0.0311. The molecule has 134 valence electrons. The highest BCUT2D eigenvalue weighted by Crippen LogP contribution is 2.19. The summed E-state index contributed by atoms with van der Waals surface area (Å²) in [6.07, 6.45) is 1.64. The van der Waals surface area contributed by atoms with E-state index < -0.39 is 11.7 Å². The van der Waals surface area contributed by atoms with Gasteiger partial charge in [0.05, 0.1) is 11.7 Å². The van der Waals surface area contributed by atoms with E-state index in [0.29, 0.717) is 25.1 Å². The first-order valence-corrected chi connectivity index (χ1v) is 8.62. The van der Waals surface area contributed by atoms with Crippen LogP contribution in [0.15, 0.2) is 24.3 Å². The van der Waals surface area contributed by atoms with Crippen molar-refractivity contribution in [2.45, 2.75) is 50.9 Å². The van der Waals surface area contributed by atoms with Crippen molar-refractivity contribution in [2.75, 3.05) is 27.2 Å². The fourth-order valence-corrected chi connectivity index (χ4v) is 3.20. The van der Waals surface area contributed by atoms with Gasteiger partial charge in [0.15, 0.2) is 0 Å². The van der Waals surface area contributed by atoms with E-state index in [-0.39, 0.29) is 11.9 Å². The normalized spacial score (nSPS) is 22.0. The molecule has 0 aliphatic carbocycles. The van der Waals surface area contributed by atoms with Gasteiger partial charge in [-0.2, -0.15) is 0 Å². The third-order valence-corrected chi connectivity index (χ3v) is 4.70. The number of likely N-dealkylation sites (N-methyl/N-ethyl adjacent to an activating group) is 1. The molecular formula is C19H30N2O3. The Balaban J connectivity index is 2.02. The SMILES string of the molecule is CN(C)[C@H]1CCN(C(=O)c2cccc(CCC(C)(C)O)c2)C[C@@H]1O. The molecule has 24 heavy (non-hydrogen) atoms. The first-order chi connectivity index (χ1) is 11.2. The van der Waals surface area contributed by atoms with Crippen LogP contribution in [-0.2, 0) is 6.42 Å². The van der Waals surface area contributed by atoms with E-state index in [1.165, 1.54) is 0 Å². The molecule has 1 amide bonds. The van der Waals surface area contributed by atoms with Crippen LogP contribution in [0.4, 0.5) is 0 Å². The topological polar surface area (TPSA) is 64.0 Å². The molecule has 0 radical (unpaired) electrons. The highest BCUT2D eigenvalue weighted by Gasteiger charge is 2.31. The number of aryl methyl sites for hydroxylation is 1. The maximum Gasteiger partial charge on any atom is 0.253 e. The monoisotopic (exact) mass is 334 g/mol. The van der Waals surface area contributed by atoms with Crippen molar-refractivity contribution in [1.29, 1.82) is 0 Å². The molecule has 1 aliphatic heterocycles. The Labute approximate surface area is 144 Å². The van der Waals surface area contributed by atoms with E-state index in [9.17, 15) is 15.0 Å². The fourth-order valence-electron chi connectivity index (χ4n) is 3.20. The van der Waals surface area contributed by atoms with Crippen LogP contribution in [0, 0.1) is 0 Å². The minimum Gasteiger partial charge on any atom is -0.390 e. The van der Waals surface area contributed by atoms with Gasteiger partial charge in [-0.15, -0.1) is 0 Å². The molecule has 1 saturated heterocycles. The summed E-state index contributed by atoms with van der Waals surface area (Å²) in [5.41, 5.74) is 0.989. The van der Waals surface area contributed by atoms with Gasteiger partial charge >= 0.3 is 0 Å². The Morgan fingerprint density at radius 3 is 2.67 bits per heavy atom. The molecule has 1 aromatic carbocycles. The van der Waals surface area contributed by atoms with E-state index in [4.69, 9.17) is 0 Å². The summed E-state index contributed by atoms with van der Waals surface area (Å²) >= 11 is 0. The molecule has 0 bridgehead atoms. The van der Waals surface area contributed by atoms with Gasteiger partial charge in [-0.25, -0.2) is 0 Å². The van der Waals surface area contributed by atoms with Gasteiger partial charge in [-0.3, -0.25) is 4.79 Å². The number of hydrogen-bond donors (Lipinski definition) is 2. The smallest absolute Gasteiger partial charge is 0.253 e. The molecule has 0 saturated carbocycles. The third-order valence-electron chi connectivity index (χ3n) is 4.70. The number of rotatable bonds is 5. The second-order valence-electron chi connectivity index (χ2n) is 7.65. The number of hydrogen-bond acceptors (Lipinski definition) is 4. The fraction of sp³-hybridized carbons (Fsp3) is 0.632. The zero-order valence-corrected chi connectivity index (χ0v) is 15.2. The number of benzene rings is 1. The standard InChI is InChI=1S/C19H30N2O3/c1-19(2,24)10-8-14-6-5-7-15(12-14)18(23)21-11-9-16(20(3)4)17(22)13-21/h5-7,12,16-17,22,24H,8-11,13H2,1-4H3/t16-,17-/m0/s1. The molecular weight excluding hydrogens is 304 g/mol. The van der Waals surface area contributed by atoms with Crippen molar-refractivity contribution in [3.8, 4) is 0 Å². The molecule has 5 nitrogen and oxygen atoms in total. The molecule has 1 aromatic rings. The number of amides is 1. The summed E-state index contributed by atoms with van der Waals surface area (Å²) in [7, 11) is 3.91. The van der Waals surface area contributed by atoms with E-state index in [2.05, 4.69) is 0 Å². The van der Waals surface area contributed by atoms with Crippen molar-refractivity contribution in [2.24, 2.45) is 0 Å². The predicted molar refractivity (Wildman–Crippen MR) is 95.1 cm³/mol. The quantitative estimate of drug-likeness (QED) is 0.857. The zero-order chi connectivity index (χ0) is 17.9. The van der Waals surface area contributed by atoms with Crippen LogP contribution in [0.3, 0.4) is 0 Å². The molecule has 2 rings (SSSR count). The van der Waals surface area contributed by atoms with Gasteiger partial charge in [-0.1, -0.05) is 12.1 Å². The lowest BCUT2D eigenvalue weighted by Crippen LogP contribution is -2.53. The molecule has 1 fully saturated rings. The summed E-state index contributed by atoms with van der Waals surface area (Å²) in [5, 5.41) is 20.1. The lowest BCUT2D eigenvalue weighted by atomic mass is 9.97. The average molecular weight is 334 g/mol. The first kappa shape index (κ1) is 18.9. The number of nitrogens with zero attached hydrogens (tertiary/aromatic N) is 2. The number of carbonyl (C=O) groups excluding carboxylic acids is 1. The molecule has 0 unspecified atom stereocenters. The number of likely N-dealkylation sites (tertiary alicyclic amines) is 1. The van der Waals surface area contributed by atoms with E-state index >= 15 is 0 Å². The average Bonchev–Trinajstić information content (AvgIpc) is 2.51. The van der Waals surface area contributed by atoms with Crippen LogP contribution in [-0.4, -0.2) is 70.9 Å². The number of piperidine rings is 1. The Morgan fingerprint density at radius 1 is 1.38 bits per heavy atom. The summed E-state index contributed by atoms with van der Waals surface area (Å²) in [6.45, 7) is 4.61. The summed E-state index contributed by atoms with van der Waals surface area (Å²) < 4.78 is 0. The van der Waals surface area contributed by atoms with Crippen LogP contribution in [0.2, 0.25) is 0 Å². The van der Waals surface area contributed by atoms with Crippen LogP contribution >= 0.6 is 0 Å². The van der Waals surface area contributed by atoms with Crippen LogP contribution in [0.1, 0.15) is 42.6 Å². The number of β-amino-alcohol motifs (C(OH)–C–C–N with tert-alkyl or cyclic N) is 1. The van der Waals surface area contributed by atoms with Crippen molar-refractivity contribution in [1.82, 2.24) is 9.80 Å². The maximum absolute atomic E-state index is 12.7. The lowest BCUT2D eigenvalue weighted by molar-refractivity contribution is 0.00607. The Morgan fingerprint density at radius 2 is 2.08 bits per heavy atom. The second-order valence-corrected chi connectivity index (χ2v) is 7.65. The summed E-state index contributed by atoms with van der Waals surface area (Å²) in [4.78, 5) is 16.5.